The molecule has 0 aliphatic carbocycles. The van der Waals surface area contributed by atoms with Crippen LogP contribution in [0.1, 0.15) is 328 Å². The van der Waals surface area contributed by atoms with Gasteiger partial charge in [0, 0.05) is 6.42 Å². The van der Waals surface area contributed by atoms with Crippen molar-refractivity contribution in [3.63, 3.8) is 0 Å². The third-order valence-corrected chi connectivity index (χ3v) is 20.0. The Balaban J connectivity index is 1.26. The van der Waals surface area contributed by atoms with Crippen molar-refractivity contribution in [1.29, 1.82) is 0 Å². The van der Waals surface area contributed by atoms with Crippen LogP contribution in [0, 0.1) is 0 Å². The zero-order valence-corrected chi connectivity index (χ0v) is 60.4. The standard InChI is InChI=1S/C77H145NO18/c1-3-5-7-9-11-13-15-17-18-19-20-21-22-23-24-25-26-27-28-29-30-31-32-33-34-35-36-37-38-39-40-41-42-43-45-47-49-51-53-55-65(83)78-60(61(82)54-52-50-48-46-44-16-14-12-10-8-6-4-2)59-91-75-71(89)68(86)73(63(57-80)93-75)96-77-72(90)69(87)74(64(58-81)94-77)95-76-70(88)67(85)66(84)62(56-79)92-76/h15,17,19-20,60-64,66-77,79-82,84-90H,3-14,16,18,21-59H2,1-2H3,(H,78,83)/b17-15-,20-19-. The van der Waals surface area contributed by atoms with E-state index < -0.39 is 124 Å². The first-order valence-corrected chi connectivity index (χ1v) is 39.6. The van der Waals surface area contributed by atoms with Gasteiger partial charge in [-0.2, -0.15) is 0 Å². The summed E-state index contributed by atoms with van der Waals surface area (Å²) in [6.45, 7) is 1.81. The van der Waals surface area contributed by atoms with E-state index >= 15 is 0 Å². The van der Waals surface area contributed by atoms with Gasteiger partial charge in [0.15, 0.2) is 18.9 Å². The normalized spacial score (nSPS) is 27.1. The summed E-state index contributed by atoms with van der Waals surface area (Å²) in [4.78, 5) is 13.4. The molecule has 0 aromatic heterocycles. The molecule has 17 atom stereocenters. The van der Waals surface area contributed by atoms with Crippen molar-refractivity contribution in [2.24, 2.45) is 0 Å². The van der Waals surface area contributed by atoms with Gasteiger partial charge in [-0.25, -0.2) is 0 Å². The lowest BCUT2D eigenvalue weighted by molar-refractivity contribution is -0.379. The lowest BCUT2D eigenvalue weighted by Gasteiger charge is -2.48. The Kier molecular flexibility index (Phi) is 54.1. The maximum atomic E-state index is 13.4. The Bertz CT molecular complexity index is 1830. The molecule has 3 aliphatic rings. The zero-order chi connectivity index (χ0) is 69.6. The van der Waals surface area contributed by atoms with E-state index in [9.17, 15) is 61.0 Å². The van der Waals surface area contributed by atoms with Crippen molar-refractivity contribution in [3.05, 3.63) is 24.3 Å². The molecule has 0 radical (unpaired) electrons. The van der Waals surface area contributed by atoms with Crippen LogP contribution in [0.3, 0.4) is 0 Å². The molecule has 0 aromatic rings. The number of nitrogens with one attached hydrogen (secondary N) is 1. The van der Waals surface area contributed by atoms with Crippen LogP contribution in [-0.4, -0.2) is 193 Å². The number of hydrogen-bond donors (Lipinski definition) is 12. The smallest absolute Gasteiger partial charge is 0.220 e. The number of rotatable bonds is 63. The Labute approximate surface area is 581 Å². The summed E-state index contributed by atoms with van der Waals surface area (Å²) in [6.07, 6.45) is 43.1. The summed E-state index contributed by atoms with van der Waals surface area (Å²) < 4.78 is 34.4. The van der Waals surface area contributed by atoms with E-state index in [4.69, 9.17) is 28.4 Å². The maximum absolute atomic E-state index is 13.4. The molecule has 0 aromatic carbocycles. The Morgan fingerprint density at radius 1 is 0.375 bits per heavy atom. The van der Waals surface area contributed by atoms with Crippen LogP contribution in [0.5, 0.6) is 0 Å². The van der Waals surface area contributed by atoms with Gasteiger partial charge < -0.3 is 89.9 Å². The molecule has 1 amide bonds. The molecule has 3 aliphatic heterocycles. The van der Waals surface area contributed by atoms with Gasteiger partial charge in [0.25, 0.3) is 0 Å². The van der Waals surface area contributed by atoms with Gasteiger partial charge in [0.05, 0.1) is 38.6 Å². The predicted octanol–water partition coefficient (Wildman–Crippen LogP) is 12.6. The lowest BCUT2D eigenvalue weighted by atomic mass is 9.96. The van der Waals surface area contributed by atoms with Gasteiger partial charge in [0.1, 0.15) is 73.2 Å². The molecule has 3 rings (SSSR count). The number of hydrogen-bond acceptors (Lipinski definition) is 18. The zero-order valence-electron chi connectivity index (χ0n) is 60.4. The minimum atomic E-state index is -1.97. The van der Waals surface area contributed by atoms with E-state index in [1.165, 1.54) is 244 Å². The largest absolute Gasteiger partial charge is 0.394 e. The number of aliphatic hydroxyl groups excluding tert-OH is 11. The van der Waals surface area contributed by atoms with Crippen LogP contribution in [0.15, 0.2) is 24.3 Å². The summed E-state index contributed by atoms with van der Waals surface area (Å²) in [5, 5.41) is 121. The molecule has 17 unspecified atom stereocenters. The van der Waals surface area contributed by atoms with E-state index in [1.807, 2.05) is 0 Å². The summed E-state index contributed by atoms with van der Waals surface area (Å²) in [6, 6.07) is -0.883. The molecule has 0 bridgehead atoms. The van der Waals surface area contributed by atoms with Crippen molar-refractivity contribution in [1.82, 2.24) is 5.32 Å². The molecule has 19 heteroatoms. The highest BCUT2D eigenvalue weighted by Gasteiger charge is 2.54. The quantitative estimate of drug-likeness (QED) is 0.0199. The fourth-order valence-corrected chi connectivity index (χ4v) is 13.6. The molecule has 19 nitrogen and oxygen atoms in total. The molecular formula is C77H145NO18. The molecule has 3 heterocycles. The first-order chi connectivity index (χ1) is 46.8. The predicted molar refractivity (Wildman–Crippen MR) is 379 cm³/mol. The second-order valence-corrected chi connectivity index (χ2v) is 28.5. The summed E-state index contributed by atoms with van der Waals surface area (Å²) in [7, 11) is 0. The average Bonchev–Trinajstić information content (AvgIpc) is 0.787. The number of carbonyl (C=O) groups is 1. The fraction of sp³-hybridized carbons (Fsp3) is 0.935. The van der Waals surface area contributed by atoms with E-state index in [1.54, 1.807) is 0 Å². The molecule has 3 fully saturated rings. The second-order valence-electron chi connectivity index (χ2n) is 28.5. The summed E-state index contributed by atoms with van der Waals surface area (Å²) in [5.41, 5.74) is 0. The highest BCUT2D eigenvalue weighted by Crippen LogP contribution is 2.33. The highest BCUT2D eigenvalue weighted by atomic mass is 16.8. The minimum Gasteiger partial charge on any atom is -0.394 e. The van der Waals surface area contributed by atoms with Crippen molar-refractivity contribution in [3.8, 4) is 0 Å². The van der Waals surface area contributed by atoms with Crippen molar-refractivity contribution in [2.45, 2.75) is 433 Å². The number of aliphatic hydroxyl groups is 11. The van der Waals surface area contributed by atoms with Crippen LogP contribution in [0.25, 0.3) is 0 Å². The molecule has 96 heavy (non-hydrogen) atoms. The van der Waals surface area contributed by atoms with Gasteiger partial charge >= 0.3 is 0 Å². The van der Waals surface area contributed by atoms with E-state index in [0.29, 0.717) is 12.8 Å². The minimum absolute atomic E-state index is 0.237. The molecule has 3 saturated heterocycles. The summed E-state index contributed by atoms with van der Waals surface area (Å²) >= 11 is 0. The number of unbranched alkanes of at least 4 members (excludes halogenated alkanes) is 43. The Morgan fingerprint density at radius 3 is 1.06 bits per heavy atom. The maximum Gasteiger partial charge on any atom is 0.220 e. The van der Waals surface area contributed by atoms with E-state index in [-0.39, 0.29) is 18.9 Å². The van der Waals surface area contributed by atoms with E-state index in [2.05, 4.69) is 43.5 Å². The van der Waals surface area contributed by atoms with Gasteiger partial charge in [-0.3, -0.25) is 4.79 Å². The van der Waals surface area contributed by atoms with Crippen LogP contribution in [0.4, 0.5) is 0 Å². The van der Waals surface area contributed by atoms with Gasteiger partial charge in [-0.1, -0.05) is 301 Å². The third kappa shape index (κ3) is 39.1. The van der Waals surface area contributed by atoms with Crippen molar-refractivity contribution >= 4 is 5.91 Å². The van der Waals surface area contributed by atoms with Gasteiger partial charge in [0.2, 0.25) is 5.91 Å². The number of carbonyl (C=O) groups excluding carboxylic acids is 1. The van der Waals surface area contributed by atoms with Crippen molar-refractivity contribution in [2.75, 3.05) is 26.4 Å². The fourth-order valence-electron chi connectivity index (χ4n) is 13.6. The molecule has 12 N–H and O–H groups in total. The molecule has 0 saturated carbocycles. The number of ether oxygens (including phenoxy) is 6. The first kappa shape index (κ1) is 88.5. The Hall–Kier alpha value is -1.73. The van der Waals surface area contributed by atoms with Crippen LogP contribution in [-0.2, 0) is 33.2 Å². The molecule has 0 spiro atoms. The van der Waals surface area contributed by atoms with Crippen LogP contribution >= 0.6 is 0 Å². The number of amides is 1. The van der Waals surface area contributed by atoms with Crippen LogP contribution in [0.2, 0.25) is 0 Å². The molecular weight excluding hydrogens is 1230 g/mol. The highest BCUT2D eigenvalue weighted by molar-refractivity contribution is 5.76. The van der Waals surface area contributed by atoms with Crippen molar-refractivity contribution < 1.29 is 89.4 Å². The Morgan fingerprint density at radius 2 is 0.688 bits per heavy atom. The SMILES string of the molecule is CCCCCCC/C=C\C/C=C\CCCCCCCCCCCCCCCCCCCCCCCCCCCCCC(=O)NC(COC1OC(CO)C(OC2OC(CO)C(OC3OC(CO)C(O)C(O)C3O)C(O)C2O)C(O)C1O)C(O)CCCCCCCCCCCCCC. The average molecular weight is 1370 g/mol. The van der Waals surface area contributed by atoms with Gasteiger partial charge in [-0.05, 0) is 44.9 Å². The number of allylic oxidation sites excluding steroid dienone is 4. The lowest BCUT2D eigenvalue weighted by Crippen LogP contribution is -2.66. The van der Waals surface area contributed by atoms with Gasteiger partial charge in [-0.15, -0.1) is 0 Å². The molecule has 566 valence electrons. The van der Waals surface area contributed by atoms with E-state index in [0.717, 1.165) is 51.4 Å². The monoisotopic (exact) mass is 1370 g/mol. The third-order valence-electron chi connectivity index (χ3n) is 20.0. The first-order valence-electron chi connectivity index (χ1n) is 39.6. The van der Waals surface area contributed by atoms with Crippen LogP contribution < -0.4 is 5.32 Å². The summed E-state index contributed by atoms with van der Waals surface area (Å²) in [5.74, 6) is -0.237. The second kappa shape index (κ2) is 58.7. The topological polar surface area (TPSA) is 307 Å².